The van der Waals surface area contributed by atoms with Crippen LogP contribution in [0.2, 0.25) is 0 Å². The zero-order valence-corrected chi connectivity index (χ0v) is 22.9. The normalized spacial score (nSPS) is 12.8. The third-order valence-electron chi connectivity index (χ3n) is 7.58. The number of benzene rings is 3. The molecule has 41 heavy (non-hydrogen) atoms. The molecule has 0 unspecified atom stereocenters. The first-order valence-corrected chi connectivity index (χ1v) is 13.4. The van der Waals surface area contributed by atoms with E-state index in [0.717, 1.165) is 39.3 Å². The lowest BCUT2D eigenvalue weighted by Crippen LogP contribution is -2.26. The molecule has 0 aliphatic carbocycles. The first-order valence-electron chi connectivity index (χ1n) is 13.4. The van der Waals surface area contributed by atoms with Gasteiger partial charge >= 0.3 is 0 Å². The third-order valence-corrected chi connectivity index (χ3v) is 7.58. The van der Waals surface area contributed by atoms with Crippen molar-refractivity contribution in [1.29, 1.82) is 0 Å². The molecule has 0 saturated carbocycles. The van der Waals surface area contributed by atoms with E-state index in [1.54, 1.807) is 11.6 Å². The molecule has 7 rings (SSSR count). The fourth-order valence-corrected chi connectivity index (χ4v) is 5.60. The van der Waals surface area contributed by atoms with Crippen LogP contribution in [0.1, 0.15) is 22.4 Å². The van der Waals surface area contributed by atoms with E-state index in [0.29, 0.717) is 52.8 Å². The van der Waals surface area contributed by atoms with Crippen molar-refractivity contribution in [2.24, 2.45) is 10.7 Å². The molecule has 3 aromatic heterocycles. The van der Waals surface area contributed by atoms with Crippen LogP contribution in [0, 0.1) is 13.8 Å². The number of hydrogen-bond donors (Lipinski definition) is 3. The predicted octanol–water partition coefficient (Wildman–Crippen LogP) is 4.79. The van der Waals surface area contributed by atoms with Gasteiger partial charge in [0.25, 0.3) is 11.6 Å². The SMILES string of the molecule is CNc1nc2cc(-c3nn(Cc4cc5cccc(C)c5c(=O)n4-c4ccccc4C)c4c3C(N)=NCN4)ccc2o1. The Hall–Kier alpha value is -5.38. The summed E-state index contributed by atoms with van der Waals surface area (Å²) in [6.07, 6.45) is 0. The highest BCUT2D eigenvalue weighted by molar-refractivity contribution is 6.08. The van der Waals surface area contributed by atoms with Crippen molar-refractivity contribution >= 4 is 39.5 Å². The van der Waals surface area contributed by atoms with Gasteiger partial charge in [0.2, 0.25) is 0 Å². The Kier molecular flexibility index (Phi) is 5.63. The Morgan fingerprint density at radius 3 is 2.71 bits per heavy atom. The number of anilines is 2. The van der Waals surface area contributed by atoms with Gasteiger partial charge in [0.15, 0.2) is 5.58 Å². The maximum Gasteiger partial charge on any atom is 0.295 e. The van der Waals surface area contributed by atoms with Gasteiger partial charge in [-0.15, -0.1) is 0 Å². The molecule has 1 aliphatic heterocycles. The summed E-state index contributed by atoms with van der Waals surface area (Å²) in [5.41, 5.74) is 13.6. The van der Waals surface area contributed by atoms with Crippen LogP contribution in [0.4, 0.5) is 11.8 Å². The quantitative estimate of drug-likeness (QED) is 0.285. The van der Waals surface area contributed by atoms with E-state index in [1.165, 1.54) is 0 Å². The Bertz CT molecular complexity index is 2080. The van der Waals surface area contributed by atoms with Gasteiger partial charge in [-0.2, -0.15) is 10.1 Å². The molecule has 0 amide bonds. The number of nitrogens with two attached hydrogens (primary N) is 1. The van der Waals surface area contributed by atoms with Crippen molar-refractivity contribution in [2.75, 3.05) is 24.3 Å². The maximum atomic E-state index is 14.1. The minimum absolute atomic E-state index is 0.0583. The third kappa shape index (κ3) is 3.95. The average molecular weight is 545 g/mol. The monoisotopic (exact) mass is 544 g/mol. The molecule has 0 radical (unpaired) electrons. The molecule has 0 spiro atoms. The number of rotatable bonds is 5. The number of aromatic nitrogens is 4. The number of nitrogens with one attached hydrogen (secondary N) is 2. The first kappa shape index (κ1) is 24.6. The number of aryl methyl sites for hydroxylation is 2. The smallest absolute Gasteiger partial charge is 0.295 e. The molecule has 1 aliphatic rings. The molecule has 4 heterocycles. The van der Waals surface area contributed by atoms with Gasteiger partial charge in [-0.25, -0.2) is 9.67 Å². The molecule has 0 atom stereocenters. The van der Waals surface area contributed by atoms with Crippen LogP contribution >= 0.6 is 0 Å². The van der Waals surface area contributed by atoms with Gasteiger partial charge in [-0.3, -0.25) is 9.36 Å². The Morgan fingerprint density at radius 1 is 1.05 bits per heavy atom. The minimum atomic E-state index is -0.0583. The highest BCUT2D eigenvalue weighted by Crippen LogP contribution is 2.33. The van der Waals surface area contributed by atoms with Crippen molar-refractivity contribution in [2.45, 2.75) is 20.4 Å². The number of amidine groups is 1. The molecule has 0 fully saturated rings. The van der Waals surface area contributed by atoms with Crippen molar-refractivity contribution in [3.8, 4) is 16.9 Å². The fourth-order valence-electron chi connectivity index (χ4n) is 5.60. The second-order valence-electron chi connectivity index (χ2n) is 10.2. The van der Waals surface area contributed by atoms with Crippen LogP contribution in [0.15, 0.2) is 80.9 Å². The van der Waals surface area contributed by atoms with E-state index >= 15 is 0 Å². The molecule has 0 saturated heterocycles. The van der Waals surface area contributed by atoms with E-state index in [4.69, 9.17) is 15.2 Å². The van der Waals surface area contributed by atoms with Crippen molar-refractivity contribution < 1.29 is 4.42 Å². The number of nitrogens with zero attached hydrogens (tertiary/aromatic N) is 5. The van der Waals surface area contributed by atoms with E-state index in [1.807, 2.05) is 79.2 Å². The Labute approximate surface area is 235 Å². The lowest BCUT2D eigenvalue weighted by atomic mass is 10.0. The van der Waals surface area contributed by atoms with Crippen LogP contribution < -0.4 is 21.9 Å². The zero-order valence-electron chi connectivity index (χ0n) is 22.9. The number of oxazole rings is 1. The molecule has 10 nitrogen and oxygen atoms in total. The summed E-state index contributed by atoms with van der Waals surface area (Å²) in [7, 11) is 1.76. The van der Waals surface area contributed by atoms with Crippen LogP contribution in [0.3, 0.4) is 0 Å². The van der Waals surface area contributed by atoms with E-state index in [-0.39, 0.29) is 5.56 Å². The zero-order chi connectivity index (χ0) is 28.2. The summed E-state index contributed by atoms with van der Waals surface area (Å²) in [5, 5.41) is 12.9. The molecule has 3 aromatic carbocycles. The molecule has 6 aromatic rings. The summed E-state index contributed by atoms with van der Waals surface area (Å²) >= 11 is 0. The van der Waals surface area contributed by atoms with Gasteiger partial charge in [-0.05, 0) is 60.7 Å². The molecule has 0 bridgehead atoms. The number of hydrogen-bond acceptors (Lipinski definition) is 8. The first-order chi connectivity index (χ1) is 19.9. The number of pyridine rings is 1. The second kappa shape index (κ2) is 9.37. The standard InChI is InChI=1S/C31H28N8O2/c1-17-7-4-5-10-23(17)39-21(13-19-9-6-8-18(2)25(19)30(39)40)15-38-29-26(28(32)34-16-35-29)27(37-38)20-11-12-24-22(14-20)36-31(33-3)41-24/h4-14,35H,15-16H2,1-3H3,(H2,32,34)(H,33,36). The molecular weight excluding hydrogens is 516 g/mol. The second-order valence-corrected chi connectivity index (χ2v) is 10.2. The Morgan fingerprint density at radius 2 is 1.88 bits per heavy atom. The average Bonchev–Trinajstić information content (AvgIpc) is 3.55. The summed E-state index contributed by atoms with van der Waals surface area (Å²) in [6.45, 7) is 4.64. The number of para-hydroxylation sites is 1. The largest absolute Gasteiger partial charge is 0.424 e. The van der Waals surface area contributed by atoms with Crippen LogP contribution in [-0.2, 0) is 6.54 Å². The van der Waals surface area contributed by atoms with Gasteiger partial charge < -0.3 is 20.8 Å². The number of aliphatic imine (C=N–C) groups is 1. The highest BCUT2D eigenvalue weighted by Gasteiger charge is 2.26. The topological polar surface area (TPSA) is 128 Å². The summed E-state index contributed by atoms with van der Waals surface area (Å²) < 4.78 is 9.37. The van der Waals surface area contributed by atoms with Crippen LogP contribution in [0.5, 0.6) is 0 Å². The summed E-state index contributed by atoms with van der Waals surface area (Å²) in [4.78, 5) is 23.0. The van der Waals surface area contributed by atoms with Gasteiger partial charge in [-0.1, -0.05) is 36.4 Å². The van der Waals surface area contributed by atoms with E-state index in [9.17, 15) is 4.79 Å². The molecular formula is C31H28N8O2. The Balaban J connectivity index is 1.44. The lowest BCUT2D eigenvalue weighted by Gasteiger charge is -2.19. The molecule has 10 heteroatoms. The van der Waals surface area contributed by atoms with Crippen molar-refractivity contribution in [3.05, 3.63) is 99.5 Å². The van der Waals surface area contributed by atoms with Crippen molar-refractivity contribution in [1.82, 2.24) is 19.3 Å². The number of fused-ring (bicyclic) bond motifs is 3. The maximum absolute atomic E-state index is 14.1. The van der Waals surface area contributed by atoms with Crippen molar-refractivity contribution in [3.63, 3.8) is 0 Å². The fraction of sp³-hybridized carbons (Fsp3) is 0.161. The van der Waals surface area contributed by atoms with Crippen LogP contribution in [0.25, 0.3) is 38.8 Å². The summed E-state index contributed by atoms with van der Waals surface area (Å²) in [6, 6.07) is 22.1. The summed E-state index contributed by atoms with van der Waals surface area (Å²) in [5.74, 6) is 1.15. The van der Waals surface area contributed by atoms with Gasteiger partial charge in [0, 0.05) is 18.3 Å². The van der Waals surface area contributed by atoms with E-state index in [2.05, 4.69) is 26.7 Å². The predicted molar refractivity (Wildman–Crippen MR) is 162 cm³/mol. The van der Waals surface area contributed by atoms with Gasteiger partial charge in [0.05, 0.1) is 23.2 Å². The van der Waals surface area contributed by atoms with Crippen LogP contribution in [-0.4, -0.2) is 38.9 Å². The molecule has 204 valence electrons. The van der Waals surface area contributed by atoms with E-state index < -0.39 is 0 Å². The van der Waals surface area contributed by atoms with Gasteiger partial charge in [0.1, 0.15) is 29.5 Å². The lowest BCUT2D eigenvalue weighted by molar-refractivity contribution is 0.620. The molecule has 4 N–H and O–H groups in total. The minimum Gasteiger partial charge on any atom is -0.424 e. The highest BCUT2D eigenvalue weighted by atomic mass is 16.4.